The van der Waals surface area contributed by atoms with Crippen LogP contribution in [0.1, 0.15) is 9.80 Å². The molecule has 25 heavy (non-hydrogen) atoms. The van der Waals surface area contributed by atoms with Crippen LogP contribution in [0.3, 0.4) is 0 Å². The number of thiazole rings is 2. The van der Waals surface area contributed by atoms with Gasteiger partial charge in [-0.3, -0.25) is 4.79 Å². The molecule has 7 heteroatoms. The third-order valence-electron chi connectivity index (χ3n) is 3.57. The molecule has 0 atom stereocenters. The monoisotopic (exact) mass is 383 g/mol. The van der Waals surface area contributed by atoms with Crippen LogP contribution in [0.4, 0.5) is 0 Å². The number of hydrogen-bond donors (Lipinski definition) is 0. The summed E-state index contributed by atoms with van der Waals surface area (Å²) in [6, 6.07) is 13.1. The van der Waals surface area contributed by atoms with E-state index in [1.807, 2.05) is 41.0 Å². The van der Waals surface area contributed by atoms with E-state index in [0.29, 0.717) is 21.4 Å². The highest BCUT2D eigenvalue weighted by Crippen LogP contribution is 2.23. The normalized spacial score (nSPS) is 11.9. The number of terminal acetylenes is 1. The zero-order valence-corrected chi connectivity index (χ0v) is 15.2. The van der Waals surface area contributed by atoms with Crippen LogP contribution < -0.4 is 4.80 Å². The largest absolute Gasteiger partial charge is 0.308 e. The van der Waals surface area contributed by atoms with Gasteiger partial charge >= 0.3 is 5.91 Å². The molecule has 0 radical (unpaired) electrons. The molecule has 0 aliphatic carbocycles. The van der Waals surface area contributed by atoms with Gasteiger partial charge in [-0.1, -0.05) is 41.0 Å². The van der Waals surface area contributed by atoms with Gasteiger partial charge in [0.15, 0.2) is 9.81 Å². The number of carbonyl (C=O) groups is 1. The third kappa shape index (κ3) is 2.98. The topological polar surface area (TPSA) is 47.2 Å². The Balaban J connectivity index is 1.86. The van der Waals surface area contributed by atoms with Gasteiger partial charge in [-0.05, 0) is 30.3 Å². The van der Waals surface area contributed by atoms with Crippen LogP contribution in [0.15, 0.2) is 47.5 Å². The number of para-hydroxylation sites is 1. The van der Waals surface area contributed by atoms with Gasteiger partial charge in [0.2, 0.25) is 0 Å². The lowest BCUT2D eigenvalue weighted by Crippen LogP contribution is -2.16. The molecule has 4 nitrogen and oxygen atoms in total. The molecular weight excluding hydrogens is 374 g/mol. The van der Waals surface area contributed by atoms with Crippen molar-refractivity contribution in [1.29, 1.82) is 0 Å². The number of aromatic nitrogens is 2. The summed E-state index contributed by atoms with van der Waals surface area (Å²) in [5, 5.41) is 0.995. The number of amides is 1. The first-order valence-electron chi connectivity index (χ1n) is 7.33. The lowest BCUT2D eigenvalue weighted by Gasteiger charge is -1.99. The maximum atomic E-state index is 12.6. The molecule has 1 amide bonds. The first-order valence-corrected chi connectivity index (χ1v) is 9.34. The van der Waals surface area contributed by atoms with Crippen LogP contribution in [-0.2, 0) is 6.54 Å². The van der Waals surface area contributed by atoms with E-state index in [2.05, 4.69) is 15.9 Å². The van der Waals surface area contributed by atoms with Crippen molar-refractivity contribution in [3.63, 3.8) is 0 Å². The number of fused-ring (bicyclic) bond motifs is 2. The maximum absolute atomic E-state index is 12.6. The molecule has 2 heterocycles. The van der Waals surface area contributed by atoms with Crippen molar-refractivity contribution in [2.45, 2.75) is 6.54 Å². The van der Waals surface area contributed by atoms with Gasteiger partial charge in [0.25, 0.3) is 0 Å². The van der Waals surface area contributed by atoms with Gasteiger partial charge in [-0.25, -0.2) is 4.98 Å². The van der Waals surface area contributed by atoms with Gasteiger partial charge in [-0.15, -0.1) is 17.8 Å². The van der Waals surface area contributed by atoms with Gasteiger partial charge in [0, 0.05) is 5.02 Å². The molecule has 0 N–H and O–H groups in total. The first kappa shape index (κ1) is 16.0. The average molecular weight is 384 g/mol. The summed E-state index contributed by atoms with van der Waals surface area (Å²) in [7, 11) is 0. The molecule has 0 saturated heterocycles. The number of benzene rings is 2. The Morgan fingerprint density at radius 1 is 1.24 bits per heavy atom. The van der Waals surface area contributed by atoms with E-state index in [9.17, 15) is 4.79 Å². The van der Waals surface area contributed by atoms with Crippen molar-refractivity contribution >= 4 is 60.6 Å². The van der Waals surface area contributed by atoms with E-state index >= 15 is 0 Å². The lowest BCUT2D eigenvalue weighted by atomic mass is 10.3. The Hall–Kier alpha value is -2.46. The predicted octanol–water partition coefficient (Wildman–Crippen LogP) is 4.34. The molecule has 0 fully saturated rings. The second-order valence-electron chi connectivity index (χ2n) is 5.19. The van der Waals surface area contributed by atoms with Crippen molar-refractivity contribution in [3.05, 3.63) is 57.3 Å². The number of nitrogens with zero attached hydrogens (tertiary/aromatic N) is 3. The zero-order valence-electron chi connectivity index (χ0n) is 12.8. The van der Waals surface area contributed by atoms with Gasteiger partial charge in [0.05, 0.1) is 27.0 Å². The molecule has 4 aromatic rings. The van der Waals surface area contributed by atoms with E-state index in [1.54, 1.807) is 6.07 Å². The Labute approximate surface area is 156 Å². The van der Waals surface area contributed by atoms with Crippen LogP contribution in [0.2, 0.25) is 5.02 Å². The fraction of sp³-hybridized carbons (Fsp3) is 0.0556. The Morgan fingerprint density at radius 2 is 2.08 bits per heavy atom. The molecule has 4 rings (SSSR count). The minimum atomic E-state index is -0.371. The predicted molar refractivity (Wildman–Crippen MR) is 103 cm³/mol. The van der Waals surface area contributed by atoms with Crippen LogP contribution in [0.25, 0.3) is 20.4 Å². The molecule has 0 saturated carbocycles. The van der Waals surface area contributed by atoms with Crippen molar-refractivity contribution in [2.75, 3.05) is 0 Å². The quantitative estimate of drug-likeness (QED) is 0.483. The molecular formula is C18H10ClN3OS2. The zero-order chi connectivity index (χ0) is 17.4. The number of halogens is 1. The van der Waals surface area contributed by atoms with Crippen molar-refractivity contribution in [1.82, 2.24) is 9.55 Å². The van der Waals surface area contributed by atoms with E-state index in [4.69, 9.17) is 18.0 Å². The minimum absolute atomic E-state index is 0.327. The van der Waals surface area contributed by atoms with Crippen molar-refractivity contribution in [2.24, 2.45) is 4.99 Å². The molecule has 122 valence electrons. The molecule has 0 aliphatic rings. The summed E-state index contributed by atoms with van der Waals surface area (Å²) in [5.41, 5.74) is 1.70. The highest BCUT2D eigenvalue weighted by molar-refractivity contribution is 7.20. The highest BCUT2D eigenvalue weighted by atomic mass is 35.5. The van der Waals surface area contributed by atoms with Crippen LogP contribution in [0.5, 0.6) is 0 Å². The van der Waals surface area contributed by atoms with Crippen LogP contribution >= 0.6 is 34.3 Å². The Bertz CT molecular complexity index is 1190. The molecule has 2 aromatic heterocycles. The van der Waals surface area contributed by atoms with E-state index in [-0.39, 0.29) is 5.91 Å². The summed E-state index contributed by atoms with van der Waals surface area (Å²) in [6.45, 7) is 0.327. The standard InChI is InChI=1S/C18H10ClN3OS2/c1-2-9-22-13-8-7-11(19)10-15(13)25-18(22)21-16(23)17-20-12-5-3-4-6-14(12)24-17/h1,3-8,10H,9H2. The lowest BCUT2D eigenvalue weighted by molar-refractivity contribution is 0.0997. The number of rotatable bonds is 2. The summed E-state index contributed by atoms with van der Waals surface area (Å²) in [4.78, 5) is 21.7. The number of hydrogen-bond acceptors (Lipinski definition) is 4. The average Bonchev–Trinajstić information content (AvgIpc) is 3.17. The Kier molecular flexibility index (Phi) is 4.14. The SMILES string of the molecule is C#CCn1c(=NC(=O)c2nc3ccccc3s2)sc2cc(Cl)ccc21. The Morgan fingerprint density at radius 3 is 2.88 bits per heavy atom. The minimum Gasteiger partial charge on any atom is -0.305 e. The second kappa shape index (κ2) is 6.45. The smallest absolute Gasteiger partial charge is 0.305 e. The summed E-state index contributed by atoms with van der Waals surface area (Å²) in [5.74, 6) is 2.23. The van der Waals surface area contributed by atoms with Crippen molar-refractivity contribution in [3.8, 4) is 12.3 Å². The summed E-state index contributed by atoms with van der Waals surface area (Å²) in [6.07, 6.45) is 5.47. The highest BCUT2D eigenvalue weighted by Gasteiger charge is 2.13. The molecule has 0 spiro atoms. The maximum Gasteiger partial charge on any atom is 0.308 e. The summed E-state index contributed by atoms with van der Waals surface area (Å²) < 4.78 is 3.72. The van der Waals surface area contributed by atoms with E-state index < -0.39 is 0 Å². The molecule has 0 unspecified atom stereocenters. The van der Waals surface area contributed by atoms with Gasteiger partial charge in [0.1, 0.15) is 0 Å². The molecule has 0 bridgehead atoms. The summed E-state index contributed by atoms with van der Waals surface area (Å²) >= 11 is 8.77. The molecule has 2 aromatic carbocycles. The number of carbonyl (C=O) groups excluding carboxylic acids is 1. The van der Waals surface area contributed by atoms with E-state index in [0.717, 1.165) is 20.4 Å². The van der Waals surface area contributed by atoms with E-state index in [1.165, 1.54) is 22.7 Å². The third-order valence-corrected chi connectivity index (χ3v) is 5.87. The van der Waals surface area contributed by atoms with Crippen LogP contribution in [0, 0.1) is 12.3 Å². The fourth-order valence-electron chi connectivity index (χ4n) is 2.47. The van der Waals surface area contributed by atoms with Crippen LogP contribution in [-0.4, -0.2) is 15.5 Å². The fourth-order valence-corrected chi connectivity index (χ4v) is 4.63. The van der Waals surface area contributed by atoms with Gasteiger partial charge in [-0.2, -0.15) is 4.99 Å². The van der Waals surface area contributed by atoms with Gasteiger partial charge < -0.3 is 4.57 Å². The molecule has 0 aliphatic heterocycles. The van der Waals surface area contributed by atoms with Crippen molar-refractivity contribution < 1.29 is 4.79 Å². The first-order chi connectivity index (χ1) is 12.2. The second-order valence-corrected chi connectivity index (χ2v) is 7.67.